The van der Waals surface area contributed by atoms with Crippen LogP contribution in [0, 0.1) is 5.82 Å². The van der Waals surface area contributed by atoms with E-state index in [1.165, 1.54) is 19.2 Å². The number of ether oxygens (including phenoxy) is 1. The zero-order valence-corrected chi connectivity index (χ0v) is 11.8. The van der Waals surface area contributed by atoms with Crippen LogP contribution in [0.1, 0.15) is 24.8 Å². The number of benzene rings is 1. The normalized spacial score (nSPS) is 13.8. The molecule has 1 aromatic carbocycles. The highest BCUT2D eigenvalue weighted by Gasteiger charge is 2.32. The minimum absolute atomic E-state index is 0.0665. The SMILES string of the molecule is COc1ccc(CC(=O)N(CCC(=O)O)C2CC2)cc1F. The van der Waals surface area contributed by atoms with Crippen LogP contribution in [-0.4, -0.2) is 41.6 Å². The average Bonchev–Trinajstić information content (AvgIpc) is 3.23. The van der Waals surface area contributed by atoms with Gasteiger partial charge in [-0.05, 0) is 30.5 Å². The van der Waals surface area contributed by atoms with Crippen LogP contribution in [-0.2, 0) is 16.0 Å². The van der Waals surface area contributed by atoms with Crippen LogP contribution in [0.2, 0.25) is 0 Å². The summed E-state index contributed by atoms with van der Waals surface area (Å²) in [5, 5.41) is 8.73. The molecule has 6 heteroatoms. The fourth-order valence-electron chi connectivity index (χ4n) is 2.21. The summed E-state index contributed by atoms with van der Waals surface area (Å²) in [6, 6.07) is 4.54. The van der Waals surface area contributed by atoms with Gasteiger partial charge in [0.2, 0.25) is 5.91 Å². The van der Waals surface area contributed by atoms with Crippen molar-refractivity contribution in [2.75, 3.05) is 13.7 Å². The summed E-state index contributed by atoms with van der Waals surface area (Å²) >= 11 is 0. The average molecular weight is 295 g/mol. The zero-order chi connectivity index (χ0) is 15.4. The molecule has 0 atom stereocenters. The van der Waals surface area contributed by atoms with E-state index >= 15 is 0 Å². The Labute approximate surface area is 122 Å². The summed E-state index contributed by atoms with van der Waals surface area (Å²) < 4.78 is 18.4. The van der Waals surface area contributed by atoms with Gasteiger partial charge in [0.25, 0.3) is 0 Å². The lowest BCUT2D eigenvalue weighted by Crippen LogP contribution is -2.36. The second-order valence-electron chi connectivity index (χ2n) is 5.11. The van der Waals surface area contributed by atoms with Gasteiger partial charge in [-0.15, -0.1) is 0 Å². The Morgan fingerprint density at radius 1 is 1.43 bits per heavy atom. The zero-order valence-electron chi connectivity index (χ0n) is 11.8. The van der Waals surface area contributed by atoms with Crippen molar-refractivity contribution in [3.8, 4) is 5.75 Å². The molecule has 21 heavy (non-hydrogen) atoms. The minimum atomic E-state index is -0.927. The molecule has 1 N–H and O–H groups in total. The number of hydrogen-bond acceptors (Lipinski definition) is 3. The van der Waals surface area contributed by atoms with E-state index in [-0.39, 0.29) is 37.1 Å². The van der Waals surface area contributed by atoms with Gasteiger partial charge in [-0.1, -0.05) is 6.07 Å². The summed E-state index contributed by atoms with van der Waals surface area (Å²) in [5.41, 5.74) is 0.555. The summed E-state index contributed by atoms with van der Waals surface area (Å²) in [4.78, 5) is 24.5. The maximum absolute atomic E-state index is 13.6. The van der Waals surface area contributed by atoms with Gasteiger partial charge in [-0.3, -0.25) is 9.59 Å². The molecule has 0 aliphatic heterocycles. The molecule has 0 spiro atoms. The van der Waals surface area contributed by atoms with Gasteiger partial charge in [0.05, 0.1) is 20.0 Å². The van der Waals surface area contributed by atoms with Crippen LogP contribution < -0.4 is 4.74 Å². The van der Waals surface area contributed by atoms with E-state index in [0.29, 0.717) is 5.56 Å². The number of aliphatic carboxylic acids is 1. The third kappa shape index (κ3) is 4.18. The Balaban J connectivity index is 2.01. The Bertz CT molecular complexity index is 542. The highest BCUT2D eigenvalue weighted by atomic mass is 19.1. The molecule has 5 nitrogen and oxygen atoms in total. The van der Waals surface area contributed by atoms with Gasteiger partial charge in [0.1, 0.15) is 0 Å². The van der Waals surface area contributed by atoms with Crippen LogP contribution in [0.25, 0.3) is 0 Å². The molecule has 1 fully saturated rings. The third-order valence-electron chi connectivity index (χ3n) is 3.45. The molecule has 1 aliphatic rings. The van der Waals surface area contributed by atoms with Crippen LogP contribution in [0.4, 0.5) is 4.39 Å². The minimum Gasteiger partial charge on any atom is -0.494 e. The van der Waals surface area contributed by atoms with Gasteiger partial charge >= 0.3 is 5.97 Å². The number of carbonyl (C=O) groups is 2. The quantitative estimate of drug-likeness (QED) is 0.833. The number of carboxylic acid groups (broad SMARTS) is 1. The van der Waals surface area contributed by atoms with E-state index in [1.54, 1.807) is 11.0 Å². The van der Waals surface area contributed by atoms with Crippen molar-refractivity contribution in [2.24, 2.45) is 0 Å². The van der Waals surface area contributed by atoms with Crippen LogP contribution >= 0.6 is 0 Å². The topological polar surface area (TPSA) is 66.8 Å². The first-order valence-corrected chi connectivity index (χ1v) is 6.85. The molecule has 0 aromatic heterocycles. The Morgan fingerprint density at radius 3 is 2.67 bits per heavy atom. The molecule has 114 valence electrons. The van der Waals surface area contributed by atoms with E-state index in [4.69, 9.17) is 9.84 Å². The smallest absolute Gasteiger partial charge is 0.305 e. The highest BCUT2D eigenvalue weighted by Crippen LogP contribution is 2.28. The van der Waals surface area contributed by atoms with Gasteiger partial charge in [-0.25, -0.2) is 4.39 Å². The van der Waals surface area contributed by atoms with Gasteiger partial charge in [-0.2, -0.15) is 0 Å². The first-order chi connectivity index (χ1) is 10.0. The molecule has 1 amide bonds. The molecule has 1 aromatic rings. The van der Waals surface area contributed by atoms with E-state index < -0.39 is 11.8 Å². The lowest BCUT2D eigenvalue weighted by atomic mass is 10.1. The van der Waals surface area contributed by atoms with E-state index in [0.717, 1.165) is 12.8 Å². The number of hydrogen-bond donors (Lipinski definition) is 1. The van der Waals surface area contributed by atoms with Crippen molar-refractivity contribution in [1.29, 1.82) is 0 Å². The van der Waals surface area contributed by atoms with Crippen LogP contribution in [0.5, 0.6) is 5.75 Å². The predicted molar refractivity (Wildman–Crippen MR) is 73.6 cm³/mol. The van der Waals surface area contributed by atoms with E-state index in [2.05, 4.69) is 0 Å². The standard InChI is InChI=1S/C15H18FNO4/c1-21-13-5-2-10(8-12(13)16)9-14(18)17(11-3-4-11)7-6-15(19)20/h2,5,8,11H,3-4,6-7,9H2,1H3,(H,19,20). The first kappa shape index (κ1) is 15.3. The molecular weight excluding hydrogens is 277 g/mol. The monoisotopic (exact) mass is 295 g/mol. The maximum Gasteiger partial charge on any atom is 0.305 e. The summed E-state index contributed by atoms with van der Waals surface area (Å²) in [6.45, 7) is 0.206. The number of halogens is 1. The number of amides is 1. The molecule has 0 saturated heterocycles. The molecule has 0 radical (unpaired) electrons. The van der Waals surface area contributed by atoms with Crippen molar-refractivity contribution in [1.82, 2.24) is 4.90 Å². The Morgan fingerprint density at radius 2 is 2.14 bits per heavy atom. The lowest BCUT2D eigenvalue weighted by molar-refractivity contribution is -0.138. The van der Waals surface area contributed by atoms with Gasteiger partial charge < -0.3 is 14.7 Å². The highest BCUT2D eigenvalue weighted by molar-refractivity contribution is 5.80. The third-order valence-corrected chi connectivity index (χ3v) is 3.45. The second-order valence-corrected chi connectivity index (χ2v) is 5.11. The lowest BCUT2D eigenvalue weighted by Gasteiger charge is -2.21. The molecule has 1 aliphatic carbocycles. The number of rotatable bonds is 7. The number of carboxylic acids is 1. The first-order valence-electron chi connectivity index (χ1n) is 6.85. The Hall–Kier alpha value is -2.11. The van der Waals surface area contributed by atoms with Crippen molar-refractivity contribution >= 4 is 11.9 Å². The molecule has 1 saturated carbocycles. The van der Waals surface area contributed by atoms with E-state index in [1.807, 2.05) is 0 Å². The number of nitrogens with zero attached hydrogens (tertiary/aromatic N) is 1. The largest absolute Gasteiger partial charge is 0.494 e. The van der Waals surface area contributed by atoms with Gasteiger partial charge in [0.15, 0.2) is 11.6 Å². The number of carbonyl (C=O) groups excluding carboxylic acids is 1. The predicted octanol–water partition coefficient (Wildman–Crippen LogP) is 1.84. The van der Waals surface area contributed by atoms with E-state index in [9.17, 15) is 14.0 Å². The summed E-state index contributed by atoms with van der Waals surface area (Å²) in [6.07, 6.45) is 1.81. The van der Waals surface area contributed by atoms with Crippen molar-refractivity contribution < 1.29 is 23.8 Å². The van der Waals surface area contributed by atoms with Crippen molar-refractivity contribution in [3.05, 3.63) is 29.6 Å². The molecule has 0 unspecified atom stereocenters. The molecular formula is C15H18FNO4. The maximum atomic E-state index is 13.6. The van der Waals surface area contributed by atoms with Crippen molar-refractivity contribution in [2.45, 2.75) is 31.7 Å². The second kappa shape index (κ2) is 6.56. The van der Waals surface area contributed by atoms with Crippen molar-refractivity contribution in [3.63, 3.8) is 0 Å². The fourth-order valence-corrected chi connectivity index (χ4v) is 2.21. The van der Waals surface area contributed by atoms with Crippen LogP contribution in [0.3, 0.4) is 0 Å². The number of methoxy groups -OCH3 is 1. The van der Waals surface area contributed by atoms with Gasteiger partial charge in [0, 0.05) is 12.6 Å². The molecule has 0 bridgehead atoms. The Kier molecular flexibility index (Phi) is 4.77. The fraction of sp³-hybridized carbons (Fsp3) is 0.467. The van der Waals surface area contributed by atoms with Crippen LogP contribution in [0.15, 0.2) is 18.2 Å². The summed E-state index contributed by atoms with van der Waals surface area (Å²) in [5.74, 6) is -1.46. The molecule has 2 rings (SSSR count). The molecule has 0 heterocycles. The summed E-state index contributed by atoms with van der Waals surface area (Å²) in [7, 11) is 1.38.